The summed E-state index contributed by atoms with van der Waals surface area (Å²) in [5.41, 5.74) is 5.00. The fourth-order valence-corrected chi connectivity index (χ4v) is 3.75. The van der Waals surface area contributed by atoms with E-state index >= 15 is 0 Å². The van der Waals surface area contributed by atoms with Crippen LogP contribution in [0.4, 0.5) is 0 Å². The van der Waals surface area contributed by atoms with Gasteiger partial charge in [0.1, 0.15) is 11.6 Å². The lowest BCUT2D eigenvalue weighted by atomic mass is 9.86. The molecule has 0 amide bonds. The first-order valence-electron chi connectivity index (χ1n) is 13.5. The van der Waals surface area contributed by atoms with Crippen molar-refractivity contribution in [3.63, 3.8) is 0 Å². The number of carbonyl (C=O) groups excluding carboxylic acids is 3. The molecule has 0 bridgehead atoms. The molecular formula is C29H45NO8. The summed E-state index contributed by atoms with van der Waals surface area (Å²) in [4.78, 5) is 48.9. The van der Waals surface area contributed by atoms with Crippen molar-refractivity contribution in [1.29, 1.82) is 0 Å². The average Bonchev–Trinajstić information content (AvgIpc) is 2.81. The maximum Gasteiger partial charge on any atom is 0.324 e. The quantitative estimate of drug-likeness (QED) is 0.203. The normalized spacial score (nSPS) is 13.6. The van der Waals surface area contributed by atoms with Crippen LogP contribution in [0.25, 0.3) is 0 Å². The molecule has 0 saturated heterocycles. The molecule has 0 radical (unpaired) electrons. The number of aliphatic carboxylic acids is 1. The van der Waals surface area contributed by atoms with E-state index in [1.165, 1.54) is 12.1 Å². The summed E-state index contributed by atoms with van der Waals surface area (Å²) in [6.07, 6.45) is 2.49. The third-order valence-corrected chi connectivity index (χ3v) is 5.97. The van der Waals surface area contributed by atoms with E-state index in [-0.39, 0.29) is 43.6 Å². The molecule has 1 aromatic rings. The van der Waals surface area contributed by atoms with E-state index in [1.54, 1.807) is 13.0 Å². The van der Waals surface area contributed by atoms with Gasteiger partial charge >= 0.3 is 23.9 Å². The third-order valence-electron chi connectivity index (χ3n) is 5.97. The number of hydrogen-bond acceptors (Lipinski definition) is 8. The zero-order valence-corrected chi connectivity index (χ0v) is 23.7. The second kappa shape index (κ2) is 16.1. The van der Waals surface area contributed by atoms with Crippen molar-refractivity contribution >= 4 is 23.9 Å². The van der Waals surface area contributed by atoms with Gasteiger partial charge in [-0.3, -0.25) is 19.2 Å². The van der Waals surface area contributed by atoms with E-state index in [1.807, 2.05) is 34.6 Å². The van der Waals surface area contributed by atoms with E-state index in [0.29, 0.717) is 36.7 Å². The number of benzene rings is 1. The van der Waals surface area contributed by atoms with Crippen LogP contribution in [0.5, 0.6) is 11.5 Å². The number of unbranched alkanes of at least 4 members (excludes halogenated alkanes) is 1. The highest BCUT2D eigenvalue weighted by molar-refractivity contribution is 5.80. The number of nitrogens with two attached hydrogens (primary N) is 1. The first kappa shape index (κ1) is 33.1. The molecule has 9 heteroatoms. The standard InChI is InChI=1S/C29H45NO8/c1-7-8-9-25(31)36-21(6)17-29(30,28(34)35)18-22-12-13-23(37-26(32)14-10-19(2)3)24(16-22)38-27(33)15-11-20(4)5/h12-13,16,19-21H,7-11,14-15,17-18,30H2,1-6H3,(H,34,35)/t21-,29?/m0/s1. The van der Waals surface area contributed by atoms with Gasteiger partial charge in [0.15, 0.2) is 11.5 Å². The molecule has 2 atom stereocenters. The zero-order valence-electron chi connectivity index (χ0n) is 23.7. The van der Waals surface area contributed by atoms with Crippen LogP contribution in [0.15, 0.2) is 18.2 Å². The predicted molar refractivity (Wildman–Crippen MR) is 144 cm³/mol. The van der Waals surface area contributed by atoms with Crippen LogP contribution in [0, 0.1) is 11.8 Å². The highest BCUT2D eigenvalue weighted by atomic mass is 16.6. The fraction of sp³-hybridized carbons (Fsp3) is 0.655. The first-order valence-corrected chi connectivity index (χ1v) is 13.5. The van der Waals surface area contributed by atoms with Crippen molar-refractivity contribution in [2.45, 2.75) is 111 Å². The molecule has 0 aliphatic carbocycles. The van der Waals surface area contributed by atoms with Crippen LogP contribution >= 0.6 is 0 Å². The van der Waals surface area contributed by atoms with E-state index < -0.39 is 35.5 Å². The molecule has 1 aromatic carbocycles. The summed E-state index contributed by atoms with van der Waals surface area (Å²) in [5.74, 6) is -1.87. The van der Waals surface area contributed by atoms with Crippen LogP contribution in [-0.2, 0) is 30.3 Å². The molecule has 1 rings (SSSR count). The van der Waals surface area contributed by atoms with Crippen LogP contribution in [0.2, 0.25) is 0 Å². The summed E-state index contributed by atoms with van der Waals surface area (Å²) < 4.78 is 16.4. The lowest BCUT2D eigenvalue weighted by molar-refractivity contribution is -0.153. The Balaban J connectivity index is 3.13. The molecule has 0 aliphatic rings. The maximum atomic E-state index is 12.5. The molecule has 9 nitrogen and oxygen atoms in total. The van der Waals surface area contributed by atoms with Gasteiger partial charge in [0, 0.05) is 32.1 Å². The summed E-state index contributed by atoms with van der Waals surface area (Å²) in [7, 11) is 0. The summed E-state index contributed by atoms with van der Waals surface area (Å²) in [5, 5.41) is 9.91. The number of hydrogen-bond donors (Lipinski definition) is 2. The minimum absolute atomic E-state index is 0.0286. The van der Waals surface area contributed by atoms with Crippen molar-refractivity contribution in [1.82, 2.24) is 0 Å². The lowest BCUT2D eigenvalue weighted by Crippen LogP contribution is -2.52. The molecule has 1 unspecified atom stereocenters. The van der Waals surface area contributed by atoms with E-state index in [9.17, 15) is 24.3 Å². The minimum atomic E-state index is -1.75. The summed E-state index contributed by atoms with van der Waals surface area (Å²) in [6, 6.07) is 4.53. The highest BCUT2D eigenvalue weighted by Crippen LogP contribution is 2.32. The number of carboxylic acids is 1. The molecule has 214 valence electrons. The predicted octanol–water partition coefficient (Wildman–Crippen LogP) is 5.21. The van der Waals surface area contributed by atoms with Crippen molar-refractivity contribution in [2.75, 3.05) is 0 Å². The molecule has 0 aromatic heterocycles. The van der Waals surface area contributed by atoms with Gasteiger partial charge in [-0.05, 0) is 55.7 Å². The second-order valence-electron chi connectivity index (χ2n) is 10.8. The average molecular weight is 536 g/mol. The molecule has 0 spiro atoms. The monoisotopic (exact) mass is 535 g/mol. The zero-order chi connectivity index (χ0) is 28.9. The van der Waals surface area contributed by atoms with Gasteiger partial charge in [-0.1, -0.05) is 47.1 Å². The van der Waals surface area contributed by atoms with Crippen LogP contribution < -0.4 is 15.2 Å². The largest absolute Gasteiger partial charge is 0.480 e. The van der Waals surface area contributed by atoms with Gasteiger partial charge in [-0.15, -0.1) is 0 Å². The number of esters is 3. The number of carbonyl (C=O) groups is 4. The maximum absolute atomic E-state index is 12.5. The molecule has 38 heavy (non-hydrogen) atoms. The van der Waals surface area contributed by atoms with Gasteiger partial charge in [0.2, 0.25) is 0 Å². The molecular weight excluding hydrogens is 490 g/mol. The van der Waals surface area contributed by atoms with E-state index in [2.05, 4.69) is 0 Å². The highest BCUT2D eigenvalue weighted by Gasteiger charge is 2.37. The Labute approximate surface area is 226 Å². The summed E-state index contributed by atoms with van der Waals surface area (Å²) >= 11 is 0. The third kappa shape index (κ3) is 12.5. The Morgan fingerprint density at radius 2 is 1.42 bits per heavy atom. The van der Waals surface area contributed by atoms with Gasteiger partial charge in [-0.2, -0.15) is 0 Å². The van der Waals surface area contributed by atoms with Gasteiger partial charge in [0.05, 0.1) is 0 Å². The Kier molecular flexibility index (Phi) is 14.0. The molecule has 0 heterocycles. The molecule has 0 saturated carbocycles. The van der Waals surface area contributed by atoms with Crippen molar-refractivity contribution < 1.29 is 38.5 Å². The lowest BCUT2D eigenvalue weighted by Gasteiger charge is -2.28. The van der Waals surface area contributed by atoms with E-state index in [4.69, 9.17) is 19.9 Å². The molecule has 0 fully saturated rings. The molecule has 3 N–H and O–H groups in total. The fourth-order valence-electron chi connectivity index (χ4n) is 3.75. The Morgan fingerprint density at radius 1 is 0.868 bits per heavy atom. The number of rotatable bonds is 17. The number of carboxylic acid groups (broad SMARTS) is 1. The van der Waals surface area contributed by atoms with Gasteiger partial charge < -0.3 is 25.1 Å². The van der Waals surface area contributed by atoms with Crippen LogP contribution in [0.1, 0.15) is 98.5 Å². The van der Waals surface area contributed by atoms with Crippen molar-refractivity contribution in [3.05, 3.63) is 23.8 Å². The van der Waals surface area contributed by atoms with Crippen molar-refractivity contribution in [3.8, 4) is 11.5 Å². The van der Waals surface area contributed by atoms with Crippen LogP contribution in [0.3, 0.4) is 0 Å². The topological polar surface area (TPSA) is 142 Å². The summed E-state index contributed by atoms with van der Waals surface area (Å²) in [6.45, 7) is 11.5. The minimum Gasteiger partial charge on any atom is -0.480 e. The van der Waals surface area contributed by atoms with E-state index in [0.717, 1.165) is 6.42 Å². The van der Waals surface area contributed by atoms with Gasteiger partial charge in [-0.25, -0.2) is 0 Å². The Morgan fingerprint density at radius 3 is 1.92 bits per heavy atom. The second-order valence-corrected chi connectivity index (χ2v) is 10.8. The Hall–Kier alpha value is -2.94. The Bertz CT molecular complexity index is 943. The smallest absolute Gasteiger partial charge is 0.324 e. The number of ether oxygens (including phenoxy) is 3. The van der Waals surface area contributed by atoms with Crippen molar-refractivity contribution in [2.24, 2.45) is 17.6 Å². The van der Waals surface area contributed by atoms with Gasteiger partial charge in [0.25, 0.3) is 0 Å². The van der Waals surface area contributed by atoms with Crippen LogP contribution in [-0.4, -0.2) is 40.6 Å². The molecule has 0 aliphatic heterocycles. The SMILES string of the molecule is CCCCC(=O)O[C@@H](C)CC(N)(Cc1ccc(OC(=O)CCC(C)C)c(OC(=O)CCC(C)C)c1)C(=O)O. The first-order chi connectivity index (χ1) is 17.7.